The molecular weight excluding hydrogens is 293 g/mol. The van der Waals surface area contributed by atoms with Crippen molar-refractivity contribution in [1.29, 1.82) is 0 Å². The van der Waals surface area contributed by atoms with Gasteiger partial charge in [0.05, 0.1) is 33.2 Å². The number of hydrogen-bond donors (Lipinski definition) is 0. The summed E-state index contributed by atoms with van der Waals surface area (Å²) < 4.78 is 10.00. The zero-order chi connectivity index (χ0) is 12.7. The van der Waals surface area contributed by atoms with Crippen molar-refractivity contribution < 1.29 is 4.79 Å². The highest BCUT2D eigenvalue weighted by atomic mass is 35.5. The minimum absolute atomic E-state index is 0.430. The SMILES string of the molecule is O=Cc1cccn1-c1c(Cl)cc(Cl)c2nsnc12. The smallest absolute Gasteiger partial charge is 0.166 e. The molecule has 0 amide bonds. The van der Waals surface area contributed by atoms with E-state index >= 15 is 0 Å². The molecule has 90 valence electrons. The van der Waals surface area contributed by atoms with Crippen molar-refractivity contribution in [3.05, 3.63) is 40.1 Å². The molecule has 0 saturated heterocycles. The molecule has 18 heavy (non-hydrogen) atoms. The highest BCUT2D eigenvalue weighted by Gasteiger charge is 2.16. The minimum Gasteiger partial charge on any atom is -0.311 e. The van der Waals surface area contributed by atoms with Gasteiger partial charge in [-0.25, -0.2) is 0 Å². The Hall–Kier alpha value is -1.43. The molecule has 0 atom stereocenters. The first-order valence-corrected chi connectivity index (χ1v) is 6.44. The Morgan fingerprint density at radius 1 is 1.22 bits per heavy atom. The van der Waals surface area contributed by atoms with E-state index in [1.54, 1.807) is 29.0 Å². The van der Waals surface area contributed by atoms with Crippen LogP contribution in [0.3, 0.4) is 0 Å². The number of aldehydes is 1. The Kier molecular flexibility index (Phi) is 2.81. The summed E-state index contributed by atoms with van der Waals surface area (Å²) in [5.41, 5.74) is 2.30. The predicted molar refractivity (Wildman–Crippen MR) is 72.1 cm³/mol. The summed E-state index contributed by atoms with van der Waals surface area (Å²) in [4.78, 5) is 11.0. The van der Waals surface area contributed by atoms with Crippen molar-refractivity contribution in [2.75, 3.05) is 0 Å². The van der Waals surface area contributed by atoms with Crippen molar-refractivity contribution in [2.45, 2.75) is 0 Å². The normalized spacial score (nSPS) is 11.0. The van der Waals surface area contributed by atoms with Crippen LogP contribution in [0.25, 0.3) is 16.7 Å². The first-order valence-electron chi connectivity index (χ1n) is 4.95. The maximum atomic E-state index is 11.0. The Balaban J connectivity index is 2.42. The Bertz CT molecular complexity index is 750. The molecule has 0 fully saturated rings. The molecule has 2 aromatic heterocycles. The minimum atomic E-state index is 0.430. The van der Waals surface area contributed by atoms with Crippen molar-refractivity contribution in [2.24, 2.45) is 0 Å². The topological polar surface area (TPSA) is 47.8 Å². The van der Waals surface area contributed by atoms with Crippen LogP contribution in [0.2, 0.25) is 10.0 Å². The van der Waals surface area contributed by atoms with Gasteiger partial charge in [-0.1, -0.05) is 23.2 Å². The Morgan fingerprint density at radius 2 is 2.00 bits per heavy atom. The first-order chi connectivity index (χ1) is 8.72. The molecule has 0 saturated carbocycles. The number of hydrogen-bond acceptors (Lipinski definition) is 4. The molecule has 4 nitrogen and oxygen atoms in total. The van der Waals surface area contributed by atoms with E-state index in [2.05, 4.69) is 8.75 Å². The largest absolute Gasteiger partial charge is 0.311 e. The lowest BCUT2D eigenvalue weighted by Crippen LogP contribution is -1.99. The molecule has 7 heteroatoms. The maximum absolute atomic E-state index is 11.0. The van der Waals surface area contributed by atoms with Crippen LogP contribution < -0.4 is 0 Å². The van der Waals surface area contributed by atoms with Crippen LogP contribution >= 0.6 is 34.9 Å². The van der Waals surface area contributed by atoms with Gasteiger partial charge in [-0.05, 0) is 18.2 Å². The highest BCUT2D eigenvalue weighted by Crippen LogP contribution is 2.34. The molecule has 1 aromatic carbocycles. The Labute approximate surface area is 116 Å². The molecule has 0 aliphatic carbocycles. The summed E-state index contributed by atoms with van der Waals surface area (Å²) >= 11 is 13.3. The molecule has 0 N–H and O–H groups in total. The second kappa shape index (κ2) is 4.35. The second-order valence-corrected chi connectivity index (χ2v) is 4.91. The lowest BCUT2D eigenvalue weighted by Gasteiger charge is -2.09. The average molecular weight is 298 g/mol. The maximum Gasteiger partial charge on any atom is 0.166 e. The molecule has 0 radical (unpaired) electrons. The van der Waals surface area contributed by atoms with Gasteiger partial charge >= 0.3 is 0 Å². The number of aromatic nitrogens is 3. The molecule has 3 aromatic rings. The second-order valence-electron chi connectivity index (χ2n) is 3.57. The molecular formula is C11H5Cl2N3OS. The van der Waals surface area contributed by atoms with Gasteiger partial charge in [-0.3, -0.25) is 4.79 Å². The van der Waals surface area contributed by atoms with Crippen molar-refractivity contribution >= 4 is 52.2 Å². The van der Waals surface area contributed by atoms with Crippen LogP contribution in [0.5, 0.6) is 0 Å². The standard InChI is InChI=1S/C11H5Cl2N3OS/c12-7-4-8(13)11(10-9(7)14-18-15-10)16-3-1-2-6(16)5-17/h1-5H. The van der Waals surface area contributed by atoms with E-state index in [1.165, 1.54) is 0 Å². The summed E-state index contributed by atoms with van der Waals surface area (Å²) in [6.07, 6.45) is 2.51. The van der Waals surface area contributed by atoms with E-state index in [1.807, 2.05) is 0 Å². The fourth-order valence-corrected chi connectivity index (χ4v) is 2.98. The van der Waals surface area contributed by atoms with E-state index in [-0.39, 0.29) is 0 Å². The van der Waals surface area contributed by atoms with Gasteiger partial charge < -0.3 is 4.57 Å². The van der Waals surface area contributed by atoms with E-state index in [9.17, 15) is 4.79 Å². The molecule has 0 bridgehead atoms. The van der Waals surface area contributed by atoms with Crippen molar-refractivity contribution in [1.82, 2.24) is 13.3 Å². The number of carbonyl (C=O) groups excluding carboxylic acids is 1. The third kappa shape index (κ3) is 1.63. The van der Waals surface area contributed by atoms with Crippen LogP contribution in [0, 0.1) is 0 Å². The van der Waals surface area contributed by atoms with Gasteiger partial charge in [-0.15, -0.1) is 0 Å². The summed E-state index contributed by atoms with van der Waals surface area (Å²) in [5, 5.41) is 0.881. The summed E-state index contributed by atoms with van der Waals surface area (Å²) in [6, 6.07) is 5.07. The highest BCUT2D eigenvalue weighted by molar-refractivity contribution is 7.00. The first kappa shape index (κ1) is 11.6. The van der Waals surface area contributed by atoms with E-state index in [4.69, 9.17) is 23.2 Å². The summed E-state index contributed by atoms with van der Waals surface area (Å²) in [7, 11) is 0. The number of carbonyl (C=O) groups is 1. The fraction of sp³-hybridized carbons (Fsp3) is 0. The molecule has 3 rings (SSSR count). The van der Waals surface area contributed by atoms with Gasteiger partial charge in [0.1, 0.15) is 11.0 Å². The quantitative estimate of drug-likeness (QED) is 0.679. The molecule has 0 aliphatic heterocycles. The van der Waals surface area contributed by atoms with Crippen molar-refractivity contribution in [3.63, 3.8) is 0 Å². The van der Waals surface area contributed by atoms with Crippen LogP contribution in [0.1, 0.15) is 10.5 Å². The van der Waals surface area contributed by atoms with Crippen LogP contribution in [0.4, 0.5) is 0 Å². The monoisotopic (exact) mass is 297 g/mol. The van der Waals surface area contributed by atoms with E-state index in [0.717, 1.165) is 18.0 Å². The van der Waals surface area contributed by atoms with Crippen LogP contribution in [-0.4, -0.2) is 19.6 Å². The molecule has 0 aliphatic rings. The van der Waals surface area contributed by atoms with Gasteiger partial charge in [0.15, 0.2) is 6.29 Å². The van der Waals surface area contributed by atoms with Gasteiger partial charge in [0, 0.05) is 6.20 Å². The number of rotatable bonds is 2. The third-order valence-electron chi connectivity index (χ3n) is 2.56. The fourth-order valence-electron chi connectivity index (χ4n) is 1.78. The van der Waals surface area contributed by atoms with E-state index in [0.29, 0.717) is 32.5 Å². The molecule has 0 unspecified atom stereocenters. The van der Waals surface area contributed by atoms with Crippen LogP contribution in [-0.2, 0) is 0 Å². The Morgan fingerprint density at radius 3 is 2.78 bits per heavy atom. The molecule has 2 heterocycles. The zero-order valence-corrected chi connectivity index (χ0v) is 11.1. The number of fused-ring (bicyclic) bond motifs is 1. The zero-order valence-electron chi connectivity index (χ0n) is 8.80. The molecule has 0 spiro atoms. The van der Waals surface area contributed by atoms with Crippen LogP contribution in [0.15, 0.2) is 24.4 Å². The number of benzene rings is 1. The number of halogens is 2. The van der Waals surface area contributed by atoms with Gasteiger partial charge in [0.2, 0.25) is 0 Å². The van der Waals surface area contributed by atoms with Gasteiger partial charge in [0.25, 0.3) is 0 Å². The predicted octanol–water partition coefficient (Wildman–Crippen LogP) is 3.60. The van der Waals surface area contributed by atoms with E-state index < -0.39 is 0 Å². The summed E-state index contributed by atoms with van der Waals surface area (Å²) in [5.74, 6) is 0. The summed E-state index contributed by atoms with van der Waals surface area (Å²) in [6.45, 7) is 0. The lowest BCUT2D eigenvalue weighted by molar-refractivity contribution is 0.111. The third-order valence-corrected chi connectivity index (χ3v) is 3.67. The van der Waals surface area contributed by atoms with Crippen molar-refractivity contribution in [3.8, 4) is 5.69 Å². The lowest BCUT2D eigenvalue weighted by atomic mass is 10.2. The van der Waals surface area contributed by atoms with Gasteiger partial charge in [-0.2, -0.15) is 8.75 Å². The number of nitrogens with zero attached hydrogens (tertiary/aromatic N) is 3. The average Bonchev–Trinajstić information content (AvgIpc) is 2.97.